The fourth-order valence-corrected chi connectivity index (χ4v) is 4.32. The molecule has 6 heteroatoms. The van der Waals surface area contributed by atoms with Crippen LogP contribution in [0.3, 0.4) is 0 Å². The van der Waals surface area contributed by atoms with Gasteiger partial charge in [-0.1, -0.05) is 35.9 Å². The van der Waals surface area contributed by atoms with Gasteiger partial charge in [-0.05, 0) is 60.6 Å². The van der Waals surface area contributed by atoms with Gasteiger partial charge in [-0.2, -0.15) is 0 Å². The van der Waals surface area contributed by atoms with Gasteiger partial charge in [-0.25, -0.2) is 5.06 Å². The van der Waals surface area contributed by atoms with Crippen molar-refractivity contribution in [1.29, 1.82) is 0 Å². The highest BCUT2D eigenvalue weighted by atomic mass is 35.5. The lowest BCUT2D eigenvalue weighted by molar-refractivity contribution is -0.128. The highest BCUT2D eigenvalue weighted by Crippen LogP contribution is 2.41. The Morgan fingerprint density at radius 3 is 2.74 bits per heavy atom. The number of rotatable bonds is 3. The van der Waals surface area contributed by atoms with Crippen LogP contribution in [0.4, 0.5) is 0 Å². The molecule has 2 N–H and O–H groups in total. The van der Waals surface area contributed by atoms with Gasteiger partial charge in [0.25, 0.3) is 5.91 Å². The molecule has 4 rings (SSSR count). The van der Waals surface area contributed by atoms with Crippen molar-refractivity contribution < 1.29 is 14.8 Å². The minimum absolute atomic E-state index is 0.0267. The van der Waals surface area contributed by atoms with Gasteiger partial charge in [0.05, 0.1) is 12.0 Å². The molecule has 140 valence electrons. The van der Waals surface area contributed by atoms with Crippen LogP contribution in [0.25, 0.3) is 0 Å². The maximum absolute atomic E-state index is 12.6. The Hall–Kier alpha value is -2.37. The van der Waals surface area contributed by atoms with Crippen LogP contribution < -0.4 is 5.32 Å². The summed E-state index contributed by atoms with van der Waals surface area (Å²) in [6.45, 7) is 0.769. The smallest absolute Gasteiger partial charge is 0.277 e. The minimum atomic E-state index is -0.461. The molecule has 2 aromatic rings. The molecular formula is C21H21ClN2O3. The van der Waals surface area contributed by atoms with Crippen LogP contribution in [0, 0.1) is 5.41 Å². The van der Waals surface area contributed by atoms with Crippen LogP contribution in [-0.2, 0) is 24.2 Å². The molecule has 1 aliphatic heterocycles. The third-order valence-corrected chi connectivity index (χ3v) is 6.11. The van der Waals surface area contributed by atoms with E-state index in [4.69, 9.17) is 11.6 Å². The number of carbonyl (C=O) groups excluding carboxylic acids is 2. The molecule has 0 bridgehead atoms. The zero-order valence-electron chi connectivity index (χ0n) is 14.9. The number of aryl methyl sites for hydroxylation is 1. The van der Waals surface area contributed by atoms with Crippen LogP contribution in [0.15, 0.2) is 42.5 Å². The molecule has 2 aromatic carbocycles. The zero-order chi connectivity index (χ0) is 19.0. The van der Waals surface area contributed by atoms with E-state index in [1.54, 1.807) is 24.3 Å². The number of benzene rings is 2. The van der Waals surface area contributed by atoms with Crippen LogP contribution >= 0.6 is 11.6 Å². The number of fused-ring (bicyclic) bond motifs is 1. The van der Waals surface area contributed by atoms with E-state index in [0.717, 1.165) is 36.9 Å². The van der Waals surface area contributed by atoms with Crippen molar-refractivity contribution in [3.63, 3.8) is 0 Å². The molecule has 1 atom stereocenters. The molecule has 2 amide bonds. The quantitative estimate of drug-likeness (QED) is 0.629. The van der Waals surface area contributed by atoms with Gasteiger partial charge >= 0.3 is 0 Å². The topological polar surface area (TPSA) is 69.6 Å². The van der Waals surface area contributed by atoms with Crippen molar-refractivity contribution in [2.24, 2.45) is 5.41 Å². The maximum atomic E-state index is 12.6. The molecule has 0 radical (unpaired) electrons. The summed E-state index contributed by atoms with van der Waals surface area (Å²) in [5.74, 6) is -0.314. The summed E-state index contributed by atoms with van der Waals surface area (Å²) >= 11 is 6.10. The molecular weight excluding hydrogens is 364 g/mol. The van der Waals surface area contributed by atoms with Crippen molar-refractivity contribution in [3.05, 3.63) is 69.7 Å². The lowest BCUT2D eigenvalue weighted by Gasteiger charge is -2.32. The molecule has 1 aliphatic carbocycles. The van der Waals surface area contributed by atoms with Crippen molar-refractivity contribution in [1.82, 2.24) is 10.4 Å². The van der Waals surface area contributed by atoms with Crippen LogP contribution in [0.2, 0.25) is 5.02 Å². The van der Waals surface area contributed by atoms with Crippen molar-refractivity contribution in [2.45, 2.75) is 32.2 Å². The second kappa shape index (κ2) is 6.98. The Labute approximate surface area is 162 Å². The number of nitrogens with one attached hydrogen (secondary N) is 1. The Morgan fingerprint density at radius 1 is 1.19 bits per heavy atom. The van der Waals surface area contributed by atoms with Gasteiger partial charge in [0.1, 0.15) is 0 Å². The molecule has 1 saturated heterocycles. The Kier molecular flexibility index (Phi) is 4.66. The first-order valence-corrected chi connectivity index (χ1v) is 9.51. The number of hydroxylamine groups is 2. The number of halogens is 1. The minimum Gasteiger partial charge on any atom is -0.356 e. The number of hydrogen-bond acceptors (Lipinski definition) is 3. The van der Waals surface area contributed by atoms with Crippen molar-refractivity contribution in [2.75, 3.05) is 6.54 Å². The molecule has 1 heterocycles. The number of nitrogens with zero attached hydrogens (tertiary/aromatic N) is 1. The summed E-state index contributed by atoms with van der Waals surface area (Å²) in [6, 6.07) is 12.6. The summed E-state index contributed by atoms with van der Waals surface area (Å²) in [5.41, 5.74) is 3.03. The average molecular weight is 385 g/mol. The molecule has 0 unspecified atom stereocenters. The Balaban J connectivity index is 1.51. The van der Waals surface area contributed by atoms with E-state index in [2.05, 4.69) is 5.32 Å². The van der Waals surface area contributed by atoms with Crippen molar-refractivity contribution in [3.8, 4) is 0 Å². The van der Waals surface area contributed by atoms with Crippen LogP contribution in [0.5, 0.6) is 0 Å². The fourth-order valence-electron chi connectivity index (χ4n) is 4.12. The van der Waals surface area contributed by atoms with Gasteiger partial charge in [0.2, 0.25) is 5.91 Å². The normalized spacial score (nSPS) is 21.0. The molecule has 27 heavy (non-hydrogen) atoms. The third kappa shape index (κ3) is 3.33. The van der Waals surface area contributed by atoms with E-state index in [9.17, 15) is 14.8 Å². The molecule has 0 saturated carbocycles. The second-order valence-electron chi connectivity index (χ2n) is 7.40. The number of hydrogen-bond donors (Lipinski definition) is 2. The SMILES string of the molecule is O=C(c1ccc2c(c1)CC[C@]1(CCNC1=O)C2)N(O)Cc1ccccc1Cl. The zero-order valence-corrected chi connectivity index (χ0v) is 15.6. The number of carbonyl (C=O) groups is 2. The first-order chi connectivity index (χ1) is 13.0. The average Bonchev–Trinajstić information content (AvgIpc) is 3.02. The highest BCUT2D eigenvalue weighted by Gasteiger charge is 2.44. The third-order valence-electron chi connectivity index (χ3n) is 5.74. The van der Waals surface area contributed by atoms with Crippen LogP contribution in [0.1, 0.15) is 39.9 Å². The Bertz CT molecular complexity index is 914. The largest absolute Gasteiger partial charge is 0.356 e. The number of amides is 2. The predicted octanol–water partition coefficient (Wildman–Crippen LogP) is 3.37. The van der Waals surface area contributed by atoms with E-state index < -0.39 is 5.91 Å². The van der Waals surface area contributed by atoms with Crippen molar-refractivity contribution >= 4 is 23.4 Å². The molecule has 1 fully saturated rings. The molecule has 5 nitrogen and oxygen atoms in total. The Morgan fingerprint density at radius 2 is 2.00 bits per heavy atom. The molecule has 0 aromatic heterocycles. The van der Waals surface area contributed by atoms with Gasteiger partial charge in [-0.15, -0.1) is 0 Å². The first-order valence-electron chi connectivity index (χ1n) is 9.13. The monoisotopic (exact) mass is 384 g/mol. The highest BCUT2D eigenvalue weighted by molar-refractivity contribution is 6.31. The fraction of sp³-hybridized carbons (Fsp3) is 0.333. The summed E-state index contributed by atoms with van der Waals surface area (Å²) in [4.78, 5) is 24.8. The molecule has 1 spiro atoms. The van der Waals surface area contributed by atoms with E-state index in [0.29, 0.717) is 27.6 Å². The van der Waals surface area contributed by atoms with E-state index in [1.807, 2.05) is 18.2 Å². The summed E-state index contributed by atoms with van der Waals surface area (Å²) in [5, 5.41) is 14.4. The first kappa shape index (κ1) is 18.0. The summed E-state index contributed by atoms with van der Waals surface area (Å²) in [7, 11) is 0. The van der Waals surface area contributed by atoms with E-state index in [-0.39, 0.29) is 17.9 Å². The predicted molar refractivity (Wildman–Crippen MR) is 102 cm³/mol. The summed E-state index contributed by atoms with van der Waals surface area (Å²) < 4.78 is 0. The lowest BCUT2D eigenvalue weighted by atomic mass is 9.70. The van der Waals surface area contributed by atoms with E-state index >= 15 is 0 Å². The van der Waals surface area contributed by atoms with E-state index in [1.165, 1.54) is 0 Å². The lowest BCUT2D eigenvalue weighted by Crippen LogP contribution is -2.36. The second-order valence-corrected chi connectivity index (χ2v) is 7.81. The standard InChI is InChI=1S/C21H21ClN2O3/c22-18-4-2-1-3-17(18)13-24(27)19(25)15-5-6-16-12-21(8-7-14(16)11-15)9-10-23-20(21)26/h1-6,11,27H,7-10,12-13H2,(H,23,26)/t21-/m0/s1. The maximum Gasteiger partial charge on any atom is 0.277 e. The van der Waals surface area contributed by atoms with Gasteiger partial charge in [0, 0.05) is 17.1 Å². The van der Waals surface area contributed by atoms with Crippen LogP contribution in [-0.4, -0.2) is 28.6 Å². The van der Waals surface area contributed by atoms with Gasteiger partial charge in [0.15, 0.2) is 0 Å². The van der Waals surface area contributed by atoms with Gasteiger partial charge in [-0.3, -0.25) is 14.8 Å². The molecule has 2 aliphatic rings. The van der Waals surface area contributed by atoms with Gasteiger partial charge < -0.3 is 5.32 Å². The summed E-state index contributed by atoms with van der Waals surface area (Å²) in [6.07, 6.45) is 3.14.